The van der Waals surface area contributed by atoms with Gasteiger partial charge in [0.15, 0.2) is 0 Å². The zero-order chi connectivity index (χ0) is 13.8. The molecular formula is C13H13ClN4O. The molecule has 0 saturated carbocycles. The zero-order valence-electron chi connectivity index (χ0n) is 10.4. The second-order valence-electron chi connectivity index (χ2n) is 4.06. The largest absolute Gasteiger partial charge is 0.368 e. The number of hydrogen-bond acceptors (Lipinski definition) is 4. The molecule has 0 aliphatic rings. The van der Waals surface area contributed by atoms with E-state index in [2.05, 4.69) is 15.3 Å². The average Bonchev–Trinajstić information content (AvgIpc) is 2.36. The Morgan fingerprint density at radius 2 is 2.00 bits per heavy atom. The van der Waals surface area contributed by atoms with Gasteiger partial charge in [0.25, 0.3) is 5.91 Å². The summed E-state index contributed by atoms with van der Waals surface area (Å²) in [5.41, 5.74) is 7.38. The van der Waals surface area contributed by atoms with E-state index in [9.17, 15) is 4.79 Å². The molecule has 0 saturated heterocycles. The molecule has 0 radical (unpaired) electrons. The molecule has 0 unspecified atom stereocenters. The molecule has 1 heterocycles. The predicted octanol–water partition coefficient (Wildman–Crippen LogP) is 1.95. The summed E-state index contributed by atoms with van der Waals surface area (Å²) in [5, 5.41) is 3.42. The number of nitrogens with one attached hydrogen (secondary N) is 1. The Morgan fingerprint density at radius 3 is 2.63 bits per heavy atom. The van der Waals surface area contributed by atoms with Crippen LogP contribution in [-0.4, -0.2) is 15.9 Å². The molecule has 2 rings (SSSR count). The van der Waals surface area contributed by atoms with Gasteiger partial charge in [-0.05, 0) is 30.7 Å². The summed E-state index contributed by atoms with van der Waals surface area (Å²) in [4.78, 5) is 19.7. The molecule has 0 aliphatic heterocycles. The Labute approximate surface area is 115 Å². The lowest BCUT2D eigenvalue weighted by Crippen LogP contribution is -2.24. The van der Waals surface area contributed by atoms with Crippen LogP contribution in [0.2, 0.25) is 5.02 Å². The maximum Gasteiger partial charge on any atom is 0.270 e. The Hall–Kier alpha value is -2.14. The molecule has 1 amide bonds. The minimum Gasteiger partial charge on any atom is -0.368 e. The maximum absolute atomic E-state index is 11.9. The van der Waals surface area contributed by atoms with Gasteiger partial charge in [0, 0.05) is 17.3 Å². The highest BCUT2D eigenvalue weighted by Crippen LogP contribution is 2.09. The third-order valence-corrected chi connectivity index (χ3v) is 2.72. The quantitative estimate of drug-likeness (QED) is 0.898. The van der Waals surface area contributed by atoms with Crippen molar-refractivity contribution in [3.05, 3.63) is 52.3 Å². The number of aryl methyl sites for hydroxylation is 1. The van der Waals surface area contributed by atoms with Crippen molar-refractivity contribution in [3.8, 4) is 0 Å². The number of carbonyl (C=O) groups is 1. The monoisotopic (exact) mass is 276 g/mol. The first-order chi connectivity index (χ1) is 9.04. The standard InChI is InChI=1S/C13H13ClN4O/c1-8-6-11(18-13(15)17-8)12(19)16-7-9-2-4-10(14)5-3-9/h2-6H,7H2,1H3,(H,16,19)(H2,15,17,18). The van der Waals surface area contributed by atoms with Crippen molar-refractivity contribution in [1.82, 2.24) is 15.3 Å². The number of carbonyl (C=O) groups excluding carboxylic acids is 1. The van der Waals surface area contributed by atoms with Crippen LogP contribution < -0.4 is 11.1 Å². The number of aromatic nitrogens is 2. The van der Waals surface area contributed by atoms with Gasteiger partial charge in [-0.25, -0.2) is 9.97 Å². The van der Waals surface area contributed by atoms with Gasteiger partial charge in [-0.1, -0.05) is 23.7 Å². The summed E-state index contributed by atoms with van der Waals surface area (Å²) < 4.78 is 0. The van der Waals surface area contributed by atoms with Crippen molar-refractivity contribution in [1.29, 1.82) is 0 Å². The number of benzene rings is 1. The second-order valence-corrected chi connectivity index (χ2v) is 4.50. The van der Waals surface area contributed by atoms with Crippen LogP contribution in [0.15, 0.2) is 30.3 Å². The van der Waals surface area contributed by atoms with Crippen molar-refractivity contribution in [2.24, 2.45) is 0 Å². The van der Waals surface area contributed by atoms with Gasteiger partial charge in [-0.15, -0.1) is 0 Å². The van der Waals surface area contributed by atoms with Crippen molar-refractivity contribution in [2.75, 3.05) is 5.73 Å². The van der Waals surface area contributed by atoms with E-state index in [1.165, 1.54) is 0 Å². The van der Waals surface area contributed by atoms with Gasteiger partial charge >= 0.3 is 0 Å². The van der Waals surface area contributed by atoms with Crippen molar-refractivity contribution >= 4 is 23.5 Å². The summed E-state index contributed by atoms with van der Waals surface area (Å²) in [6.07, 6.45) is 0. The average molecular weight is 277 g/mol. The first-order valence-corrected chi connectivity index (χ1v) is 6.06. The van der Waals surface area contributed by atoms with Gasteiger partial charge in [0.2, 0.25) is 5.95 Å². The van der Waals surface area contributed by atoms with Gasteiger partial charge in [0.1, 0.15) is 5.69 Å². The van der Waals surface area contributed by atoms with Crippen LogP contribution >= 0.6 is 11.6 Å². The molecule has 98 valence electrons. The second kappa shape index (κ2) is 5.67. The number of nitrogens with zero attached hydrogens (tertiary/aromatic N) is 2. The van der Waals surface area contributed by atoms with E-state index in [1.807, 2.05) is 12.1 Å². The molecule has 6 heteroatoms. The molecule has 19 heavy (non-hydrogen) atoms. The Bertz CT molecular complexity index is 578. The number of anilines is 1. The Balaban J connectivity index is 2.03. The van der Waals surface area contributed by atoms with Crippen LogP contribution in [-0.2, 0) is 6.54 Å². The Kier molecular flexibility index (Phi) is 3.97. The summed E-state index contributed by atoms with van der Waals surface area (Å²) in [7, 11) is 0. The minimum atomic E-state index is -0.285. The van der Waals surface area contributed by atoms with Crippen LogP contribution in [0.4, 0.5) is 5.95 Å². The number of hydrogen-bond donors (Lipinski definition) is 2. The molecule has 3 N–H and O–H groups in total. The zero-order valence-corrected chi connectivity index (χ0v) is 11.1. The number of nitrogens with two attached hydrogens (primary N) is 1. The third kappa shape index (κ3) is 3.66. The predicted molar refractivity (Wildman–Crippen MR) is 73.8 cm³/mol. The van der Waals surface area contributed by atoms with E-state index >= 15 is 0 Å². The highest BCUT2D eigenvalue weighted by Gasteiger charge is 2.09. The van der Waals surface area contributed by atoms with Gasteiger partial charge in [0.05, 0.1) is 0 Å². The lowest BCUT2D eigenvalue weighted by molar-refractivity contribution is 0.0946. The summed E-state index contributed by atoms with van der Waals surface area (Å²) in [5.74, 6) is -0.191. The molecule has 5 nitrogen and oxygen atoms in total. The number of amides is 1. The normalized spacial score (nSPS) is 10.2. The first-order valence-electron chi connectivity index (χ1n) is 5.68. The van der Waals surface area contributed by atoms with E-state index < -0.39 is 0 Å². The van der Waals surface area contributed by atoms with Gasteiger partial charge < -0.3 is 11.1 Å². The number of halogens is 1. The number of rotatable bonds is 3. The van der Waals surface area contributed by atoms with Gasteiger partial charge in [-0.3, -0.25) is 4.79 Å². The Morgan fingerprint density at radius 1 is 1.32 bits per heavy atom. The lowest BCUT2D eigenvalue weighted by atomic mass is 10.2. The fraction of sp³-hybridized carbons (Fsp3) is 0.154. The van der Waals surface area contributed by atoms with Crippen molar-refractivity contribution in [2.45, 2.75) is 13.5 Å². The molecule has 0 fully saturated rings. The van der Waals surface area contributed by atoms with E-state index in [-0.39, 0.29) is 17.5 Å². The van der Waals surface area contributed by atoms with E-state index in [4.69, 9.17) is 17.3 Å². The molecular weight excluding hydrogens is 264 g/mol. The molecule has 0 aliphatic carbocycles. The summed E-state index contributed by atoms with van der Waals surface area (Å²) >= 11 is 5.79. The lowest BCUT2D eigenvalue weighted by Gasteiger charge is -2.06. The van der Waals surface area contributed by atoms with Crippen LogP contribution in [0, 0.1) is 6.92 Å². The van der Waals surface area contributed by atoms with Crippen molar-refractivity contribution < 1.29 is 4.79 Å². The summed E-state index contributed by atoms with van der Waals surface area (Å²) in [6, 6.07) is 8.84. The molecule has 0 bridgehead atoms. The van der Waals surface area contributed by atoms with E-state index in [0.29, 0.717) is 17.3 Å². The van der Waals surface area contributed by atoms with Crippen LogP contribution in [0.5, 0.6) is 0 Å². The molecule has 1 aromatic heterocycles. The SMILES string of the molecule is Cc1cc(C(=O)NCc2ccc(Cl)cc2)nc(N)n1. The molecule has 0 spiro atoms. The van der Waals surface area contributed by atoms with E-state index in [1.54, 1.807) is 25.1 Å². The molecule has 0 atom stereocenters. The fourth-order valence-electron chi connectivity index (χ4n) is 1.58. The number of nitrogen functional groups attached to an aromatic ring is 1. The fourth-order valence-corrected chi connectivity index (χ4v) is 1.71. The van der Waals surface area contributed by atoms with Gasteiger partial charge in [-0.2, -0.15) is 0 Å². The third-order valence-electron chi connectivity index (χ3n) is 2.47. The van der Waals surface area contributed by atoms with Crippen LogP contribution in [0.3, 0.4) is 0 Å². The molecule has 2 aromatic rings. The summed E-state index contributed by atoms with van der Waals surface area (Å²) in [6.45, 7) is 2.16. The molecule has 1 aromatic carbocycles. The smallest absolute Gasteiger partial charge is 0.270 e. The highest BCUT2D eigenvalue weighted by molar-refractivity contribution is 6.30. The van der Waals surface area contributed by atoms with Crippen molar-refractivity contribution in [3.63, 3.8) is 0 Å². The topological polar surface area (TPSA) is 80.9 Å². The highest BCUT2D eigenvalue weighted by atomic mass is 35.5. The van der Waals surface area contributed by atoms with Crippen LogP contribution in [0.1, 0.15) is 21.7 Å². The minimum absolute atomic E-state index is 0.0941. The van der Waals surface area contributed by atoms with Crippen LogP contribution in [0.25, 0.3) is 0 Å². The van der Waals surface area contributed by atoms with E-state index in [0.717, 1.165) is 5.56 Å². The maximum atomic E-state index is 11.9. The first kappa shape index (κ1) is 13.3.